The van der Waals surface area contributed by atoms with Crippen molar-refractivity contribution in [1.82, 2.24) is 10.3 Å². The van der Waals surface area contributed by atoms with E-state index in [9.17, 15) is 4.79 Å². The topological polar surface area (TPSA) is 68.0 Å². The van der Waals surface area contributed by atoms with E-state index in [0.29, 0.717) is 0 Å². The minimum absolute atomic E-state index is 0.0414. The van der Waals surface area contributed by atoms with E-state index in [1.807, 2.05) is 32.9 Å². The quantitative estimate of drug-likeness (QED) is 0.803. The van der Waals surface area contributed by atoms with Crippen LogP contribution in [0, 0.1) is 5.92 Å². The van der Waals surface area contributed by atoms with E-state index in [-0.39, 0.29) is 17.9 Å². The summed E-state index contributed by atoms with van der Waals surface area (Å²) < 4.78 is 0. The van der Waals surface area contributed by atoms with Crippen molar-refractivity contribution < 1.29 is 4.79 Å². The van der Waals surface area contributed by atoms with E-state index in [2.05, 4.69) is 10.3 Å². The second-order valence-electron chi connectivity index (χ2n) is 4.28. The van der Waals surface area contributed by atoms with Crippen LogP contribution in [0.2, 0.25) is 0 Å². The molecule has 2 atom stereocenters. The lowest BCUT2D eigenvalue weighted by molar-refractivity contribution is -0.123. The maximum atomic E-state index is 11.7. The van der Waals surface area contributed by atoms with Gasteiger partial charge in [0.05, 0.1) is 12.1 Å². The smallest absolute Gasteiger partial charge is 0.237 e. The van der Waals surface area contributed by atoms with E-state index >= 15 is 0 Å². The van der Waals surface area contributed by atoms with Gasteiger partial charge in [-0.3, -0.25) is 9.78 Å². The number of nitrogens with two attached hydrogens (primary N) is 1. The number of amides is 1. The van der Waals surface area contributed by atoms with Crippen LogP contribution in [0.4, 0.5) is 0 Å². The molecular formula is C12H19N3O. The summed E-state index contributed by atoms with van der Waals surface area (Å²) in [5.41, 5.74) is 6.79. The largest absolute Gasteiger partial charge is 0.348 e. The number of hydrogen-bond donors (Lipinski definition) is 2. The Kier molecular flexibility index (Phi) is 4.43. The van der Waals surface area contributed by atoms with Crippen LogP contribution in [-0.4, -0.2) is 16.9 Å². The maximum Gasteiger partial charge on any atom is 0.237 e. The van der Waals surface area contributed by atoms with Crippen LogP contribution in [0.5, 0.6) is 0 Å². The van der Waals surface area contributed by atoms with Gasteiger partial charge >= 0.3 is 0 Å². The van der Waals surface area contributed by atoms with Gasteiger partial charge in [0.2, 0.25) is 5.91 Å². The molecule has 0 aromatic carbocycles. The summed E-state index contributed by atoms with van der Waals surface area (Å²) in [7, 11) is 0. The monoisotopic (exact) mass is 221 g/mol. The molecule has 88 valence electrons. The fourth-order valence-electron chi connectivity index (χ4n) is 1.35. The fraction of sp³-hybridized carbons (Fsp3) is 0.500. The Balaban J connectivity index is 2.58. The maximum absolute atomic E-state index is 11.7. The van der Waals surface area contributed by atoms with Gasteiger partial charge in [0.25, 0.3) is 0 Å². The molecule has 4 nitrogen and oxygen atoms in total. The number of pyridine rings is 1. The van der Waals surface area contributed by atoms with Crippen LogP contribution in [0.1, 0.15) is 32.4 Å². The number of rotatable bonds is 4. The molecule has 0 bridgehead atoms. The zero-order chi connectivity index (χ0) is 12.1. The summed E-state index contributed by atoms with van der Waals surface area (Å²) in [5, 5.41) is 2.89. The highest BCUT2D eigenvalue weighted by Crippen LogP contribution is 2.10. The molecule has 0 saturated heterocycles. The van der Waals surface area contributed by atoms with Crippen LogP contribution in [0.15, 0.2) is 24.5 Å². The Morgan fingerprint density at radius 2 is 1.88 bits per heavy atom. The van der Waals surface area contributed by atoms with Gasteiger partial charge in [0.15, 0.2) is 0 Å². The molecule has 0 saturated carbocycles. The molecule has 0 radical (unpaired) electrons. The number of carbonyl (C=O) groups is 1. The first kappa shape index (κ1) is 12.6. The molecular weight excluding hydrogens is 202 g/mol. The summed E-state index contributed by atoms with van der Waals surface area (Å²) in [4.78, 5) is 15.6. The molecule has 0 aliphatic rings. The van der Waals surface area contributed by atoms with Crippen molar-refractivity contribution in [3.63, 3.8) is 0 Å². The summed E-state index contributed by atoms with van der Waals surface area (Å²) in [6.07, 6.45) is 3.42. The molecule has 1 rings (SSSR count). The molecule has 0 fully saturated rings. The number of nitrogens with zero attached hydrogens (tertiary/aromatic N) is 1. The molecule has 0 aliphatic heterocycles. The lowest BCUT2D eigenvalue weighted by atomic mass is 10.0. The molecule has 1 unspecified atom stereocenters. The van der Waals surface area contributed by atoms with Crippen LogP contribution in [-0.2, 0) is 4.79 Å². The number of carbonyl (C=O) groups excluding carboxylic acids is 1. The van der Waals surface area contributed by atoms with Gasteiger partial charge in [-0.15, -0.1) is 0 Å². The average molecular weight is 221 g/mol. The molecule has 3 N–H and O–H groups in total. The van der Waals surface area contributed by atoms with Crippen molar-refractivity contribution in [1.29, 1.82) is 0 Å². The molecule has 0 aliphatic carbocycles. The Morgan fingerprint density at radius 1 is 1.31 bits per heavy atom. The number of nitrogens with one attached hydrogen (secondary N) is 1. The highest BCUT2D eigenvalue weighted by atomic mass is 16.2. The zero-order valence-electron chi connectivity index (χ0n) is 9.97. The molecule has 1 aromatic rings. The van der Waals surface area contributed by atoms with Crippen LogP contribution in [0.25, 0.3) is 0 Å². The minimum Gasteiger partial charge on any atom is -0.348 e. The third-order valence-corrected chi connectivity index (χ3v) is 2.59. The first-order valence-corrected chi connectivity index (χ1v) is 5.48. The molecule has 1 heterocycles. The van der Waals surface area contributed by atoms with Gasteiger partial charge in [0.1, 0.15) is 0 Å². The van der Waals surface area contributed by atoms with Crippen LogP contribution >= 0.6 is 0 Å². The summed E-state index contributed by atoms with van der Waals surface area (Å²) in [6.45, 7) is 5.79. The second-order valence-corrected chi connectivity index (χ2v) is 4.28. The first-order chi connectivity index (χ1) is 7.52. The predicted octanol–water partition coefficient (Wildman–Crippen LogP) is 1.24. The van der Waals surface area contributed by atoms with Gasteiger partial charge in [-0.05, 0) is 30.5 Å². The van der Waals surface area contributed by atoms with Crippen molar-refractivity contribution in [3.05, 3.63) is 30.1 Å². The van der Waals surface area contributed by atoms with Crippen molar-refractivity contribution in [2.45, 2.75) is 32.9 Å². The number of hydrogen-bond acceptors (Lipinski definition) is 3. The summed E-state index contributed by atoms with van der Waals surface area (Å²) in [5.74, 6) is 0.0314. The van der Waals surface area contributed by atoms with E-state index < -0.39 is 6.04 Å². The SMILES string of the molecule is CC(C)C(N)C(=O)N[C@@H](C)c1ccncc1. The third-order valence-electron chi connectivity index (χ3n) is 2.59. The van der Waals surface area contributed by atoms with E-state index in [1.165, 1.54) is 0 Å². The highest BCUT2D eigenvalue weighted by Gasteiger charge is 2.19. The Morgan fingerprint density at radius 3 is 2.38 bits per heavy atom. The third kappa shape index (κ3) is 3.31. The zero-order valence-corrected chi connectivity index (χ0v) is 9.97. The Bertz CT molecular complexity index is 337. The van der Waals surface area contributed by atoms with Crippen molar-refractivity contribution in [2.24, 2.45) is 11.7 Å². The minimum atomic E-state index is -0.454. The van der Waals surface area contributed by atoms with Gasteiger partial charge < -0.3 is 11.1 Å². The van der Waals surface area contributed by atoms with Crippen LogP contribution < -0.4 is 11.1 Å². The Hall–Kier alpha value is -1.42. The molecule has 4 heteroatoms. The molecule has 16 heavy (non-hydrogen) atoms. The standard InChI is InChI=1S/C12H19N3O/c1-8(2)11(13)12(16)15-9(3)10-4-6-14-7-5-10/h4-9,11H,13H2,1-3H3,(H,15,16)/t9-,11?/m0/s1. The van der Waals surface area contributed by atoms with Crippen LogP contribution in [0.3, 0.4) is 0 Å². The average Bonchev–Trinajstić information content (AvgIpc) is 2.28. The van der Waals surface area contributed by atoms with E-state index in [4.69, 9.17) is 5.73 Å². The highest BCUT2D eigenvalue weighted by molar-refractivity contribution is 5.82. The van der Waals surface area contributed by atoms with Gasteiger partial charge in [-0.2, -0.15) is 0 Å². The van der Waals surface area contributed by atoms with Gasteiger partial charge in [-0.25, -0.2) is 0 Å². The number of aromatic nitrogens is 1. The Labute approximate surface area is 96.3 Å². The lowest BCUT2D eigenvalue weighted by Crippen LogP contribution is -2.44. The molecule has 1 aromatic heterocycles. The fourth-order valence-corrected chi connectivity index (χ4v) is 1.35. The van der Waals surface area contributed by atoms with E-state index in [1.54, 1.807) is 12.4 Å². The molecule has 1 amide bonds. The lowest BCUT2D eigenvalue weighted by Gasteiger charge is -2.19. The van der Waals surface area contributed by atoms with Crippen molar-refractivity contribution in [3.8, 4) is 0 Å². The first-order valence-electron chi connectivity index (χ1n) is 5.48. The van der Waals surface area contributed by atoms with E-state index in [0.717, 1.165) is 5.56 Å². The van der Waals surface area contributed by atoms with Gasteiger partial charge in [0, 0.05) is 12.4 Å². The molecule has 0 spiro atoms. The van der Waals surface area contributed by atoms with Gasteiger partial charge in [-0.1, -0.05) is 13.8 Å². The summed E-state index contributed by atoms with van der Waals surface area (Å²) >= 11 is 0. The second kappa shape index (κ2) is 5.61. The van der Waals surface area contributed by atoms with Crippen molar-refractivity contribution in [2.75, 3.05) is 0 Å². The predicted molar refractivity (Wildman–Crippen MR) is 63.6 cm³/mol. The summed E-state index contributed by atoms with van der Waals surface area (Å²) in [6, 6.07) is 3.27. The van der Waals surface area contributed by atoms with Crippen molar-refractivity contribution >= 4 is 5.91 Å². The normalized spacial score (nSPS) is 14.6.